The number of halogens is 1. The Morgan fingerprint density at radius 3 is 2.88 bits per heavy atom. The van der Waals surface area contributed by atoms with Crippen LogP contribution in [0.25, 0.3) is 0 Å². The molecule has 0 aliphatic heterocycles. The molecule has 17 heavy (non-hydrogen) atoms. The summed E-state index contributed by atoms with van der Waals surface area (Å²) < 4.78 is 18.3. The molecule has 5 heteroatoms. The molecule has 1 unspecified atom stereocenters. The highest BCUT2D eigenvalue weighted by atomic mass is 19.1. The number of hydrogen-bond donors (Lipinski definition) is 1. The molecule has 2 rings (SSSR count). The summed E-state index contributed by atoms with van der Waals surface area (Å²) >= 11 is 0. The smallest absolute Gasteiger partial charge is 0.231 e. The molecular formula is C12H13FN2O2. The molecule has 0 aliphatic carbocycles. The van der Waals surface area contributed by atoms with Crippen molar-refractivity contribution in [1.29, 1.82) is 0 Å². The maximum Gasteiger partial charge on any atom is 0.231 e. The van der Waals surface area contributed by atoms with E-state index in [0.717, 1.165) is 0 Å². The monoisotopic (exact) mass is 236 g/mol. The quantitative estimate of drug-likeness (QED) is 0.884. The van der Waals surface area contributed by atoms with E-state index >= 15 is 0 Å². The van der Waals surface area contributed by atoms with Gasteiger partial charge < -0.3 is 9.63 Å². The maximum atomic E-state index is 13.4. The van der Waals surface area contributed by atoms with Crippen LogP contribution in [0.5, 0.6) is 0 Å². The van der Waals surface area contributed by atoms with Crippen molar-refractivity contribution in [2.45, 2.75) is 25.9 Å². The minimum atomic E-state index is -0.729. The summed E-state index contributed by atoms with van der Waals surface area (Å²) in [5, 5.41) is 13.2. The van der Waals surface area contributed by atoms with Crippen molar-refractivity contribution in [3.8, 4) is 0 Å². The Balaban J connectivity index is 2.14. The van der Waals surface area contributed by atoms with Crippen molar-refractivity contribution >= 4 is 0 Å². The number of benzene rings is 1. The highest BCUT2D eigenvalue weighted by Gasteiger charge is 2.14. The predicted molar refractivity (Wildman–Crippen MR) is 58.8 cm³/mol. The van der Waals surface area contributed by atoms with Crippen LogP contribution in [0.2, 0.25) is 0 Å². The van der Waals surface area contributed by atoms with Crippen molar-refractivity contribution in [1.82, 2.24) is 10.1 Å². The van der Waals surface area contributed by atoms with Gasteiger partial charge in [0.15, 0.2) is 5.82 Å². The molecule has 0 saturated heterocycles. The highest BCUT2D eigenvalue weighted by molar-refractivity contribution is 5.20. The number of aliphatic hydroxyl groups excluding tert-OH is 1. The van der Waals surface area contributed by atoms with Crippen LogP contribution in [0.1, 0.15) is 36.7 Å². The summed E-state index contributed by atoms with van der Waals surface area (Å²) in [5.74, 6) is 0.250. The number of nitrogens with zero attached hydrogens (tertiary/aromatic N) is 2. The zero-order chi connectivity index (χ0) is 12.3. The van der Waals surface area contributed by atoms with Crippen molar-refractivity contribution < 1.29 is 14.0 Å². The summed E-state index contributed by atoms with van der Waals surface area (Å²) in [5.41, 5.74) is 0.494. The third-order valence-electron chi connectivity index (χ3n) is 2.47. The van der Waals surface area contributed by atoms with Crippen molar-refractivity contribution in [2.75, 3.05) is 0 Å². The van der Waals surface area contributed by atoms with Crippen molar-refractivity contribution in [2.24, 2.45) is 0 Å². The van der Waals surface area contributed by atoms with Gasteiger partial charge in [-0.25, -0.2) is 4.39 Å². The minimum absolute atomic E-state index is 0.232. The van der Waals surface area contributed by atoms with Gasteiger partial charge in [0, 0.05) is 0 Å². The minimum Gasteiger partial charge on any atom is -0.385 e. The van der Waals surface area contributed by atoms with Gasteiger partial charge in [0.25, 0.3) is 0 Å². The normalized spacial score (nSPS) is 12.6. The molecule has 1 aromatic carbocycles. The average Bonchev–Trinajstić information content (AvgIpc) is 2.80. The van der Waals surface area contributed by atoms with E-state index in [9.17, 15) is 9.50 Å². The summed E-state index contributed by atoms with van der Waals surface area (Å²) in [7, 11) is 0. The summed E-state index contributed by atoms with van der Waals surface area (Å²) in [6.45, 7) is 1.82. The Morgan fingerprint density at radius 2 is 2.18 bits per heavy atom. The number of rotatable bonds is 4. The summed E-state index contributed by atoms with van der Waals surface area (Å²) in [6.07, 6.45) is 0.0162. The lowest BCUT2D eigenvalue weighted by Crippen LogP contribution is -1.98. The van der Waals surface area contributed by atoms with Gasteiger partial charge in [-0.15, -0.1) is 0 Å². The fourth-order valence-corrected chi connectivity index (χ4v) is 1.46. The zero-order valence-corrected chi connectivity index (χ0v) is 9.43. The second-order valence-corrected chi connectivity index (χ2v) is 3.74. The van der Waals surface area contributed by atoms with E-state index in [0.29, 0.717) is 17.9 Å². The molecule has 1 heterocycles. The second-order valence-electron chi connectivity index (χ2n) is 3.74. The summed E-state index contributed by atoms with van der Waals surface area (Å²) in [4.78, 5) is 4.02. The molecule has 4 nitrogen and oxygen atoms in total. The first-order valence-corrected chi connectivity index (χ1v) is 5.44. The molecule has 0 bridgehead atoms. The van der Waals surface area contributed by atoms with E-state index < -0.39 is 6.10 Å². The third-order valence-corrected chi connectivity index (χ3v) is 2.47. The number of hydrogen-bond acceptors (Lipinski definition) is 4. The third kappa shape index (κ3) is 2.68. The highest BCUT2D eigenvalue weighted by Crippen LogP contribution is 2.15. The van der Waals surface area contributed by atoms with Crippen LogP contribution < -0.4 is 0 Å². The molecule has 0 radical (unpaired) electrons. The Kier molecular flexibility index (Phi) is 3.49. The first-order valence-electron chi connectivity index (χ1n) is 5.44. The lowest BCUT2D eigenvalue weighted by molar-refractivity contribution is 0.159. The van der Waals surface area contributed by atoms with Gasteiger partial charge in [0.2, 0.25) is 5.89 Å². The Morgan fingerprint density at radius 1 is 1.41 bits per heavy atom. The first kappa shape index (κ1) is 11.7. The van der Waals surface area contributed by atoms with E-state index in [4.69, 9.17) is 4.52 Å². The molecule has 1 aromatic heterocycles. The first-order chi connectivity index (χ1) is 8.20. The fraction of sp³-hybridized carbons (Fsp3) is 0.333. The van der Waals surface area contributed by atoms with Crippen molar-refractivity contribution in [3.63, 3.8) is 0 Å². The van der Waals surface area contributed by atoms with Crippen LogP contribution in [-0.4, -0.2) is 15.2 Å². The van der Waals surface area contributed by atoms with Gasteiger partial charge in [-0.1, -0.05) is 30.3 Å². The fourth-order valence-electron chi connectivity index (χ4n) is 1.46. The van der Waals surface area contributed by atoms with Crippen molar-refractivity contribution in [3.05, 3.63) is 47.4 Å². The molecule has 1 N–H and O–H groups in total. The summed E-state index contributed by atoms with van der Waals surface area (Å²) in [6, 6.07) is 6.42. The number of aromatic nitrogens is 2. The lowest BCUT2D eigenvalue weighted by atomic mass is 10.1. The molecule has 90 valence electrons. The van der Waals surface area contributed by atoms with E-state index in [-0.39, 0.29) is 18.1 Å². The average molecular weight is 236 g/mol. The van der Waals surface area contributed by atoms with Gasteiger partial charge >= 0.3 is 0 Å². The second kappa shape index (κ2) is 5.05. The Bertz CT molecular complexity index is 499. The SMILES string of the molecule is CCC(O)c1noc(Cc2ccccc2F)n1. The maximum absolute atomic E-state index is 13.4. The van der Waals surface area contributed by atoms with E-state index in [1.54, 1.807) is 18.2 Å². The molecule has 0 aliphatic rings. The Labute approximate surface area is 98.1 Å². The van der Waals surface area contributed by atoms with Crippen LogP contribution in [0.4, 0.5) is 4.39 Å². The number of aliphatic hydroxyl groups is 1. The molecule has 0 spiro atoms. The van der Waals surface area contributed by atoms with Crippen LogP contribution in [0.15, 0.2) is 28.8 Å². The largest absolute Gasteiger partial charge is 0.385 e. The van der Waals surface area contributed by atoms with Gasteiger partial charge in [-0.2, -0.15) is 4.98 Å². The molecule has 2 aromatic rings. The zero-order valence-electron chi connectivity index (χ0n) is 9.43. The van der Waals surface area contributed by atoms with Gasteiger partial charge in [-0.3, -0.25) is 0 Å². The van der Waals surface area contributed by atoms with Gasteiger partial charge in [-0.05, 0) is 18.1 Å². The van der Waals surface area contributed by atoms with Crippen LogP contribution in [0.3, 0.4) is 0 Å². The van der Waals surface area contributed by atoms with Crippen LogP contribution >= 0.6 is 0 Å². The Hall–Kier alpha value is -1.75. The van der Waals surface area contributed by atoms with E-state index in [1.807, 2.05) is 6.92 Å². The van der Waals surface area contributed by atoms with Crippen LogP contribution in [-0.2, 0) is 6.42 Å². The topological polar surface area (TPSA) is 59.2 Å². The van der Waals surface area contributed by atoms with Gasteiger partial charge in [0.1, 0.15) is 11.9 Å². The molecule has 0 amide bonds. The molecule has 0 saturated carbocycles. The predicted octanol–water partition coefficient (Wildman–Crippen LogP) is 2.24. The lowest BCUT2D eigenvalue weighted by Gasteiger charge is -1.99. The molecule has 0 fully saturated rings. The van der Waals surface area contributed by atoms with E-state index in [1.165, 1.54) is 6.07 Å². The van der Waals surface area contributed by atoms with Gasteiger partial charge in [0.05, 0.1) is 6.42 Å². The molecule has 1 atom stereocenters. The van der Waals surface area contributed by atoms with E-state index in [2.05, 4.69) is 10.1 Å². The standard InChI is InChI=1S/C12H13FN2O2/c1-2-10(16)12-14-11(17-15-12)7-8-5-3-4-6-9(8)13/h3-6,10,16H,2,7H2,1H3. The van der Waals surface area contributed by atoms with Crippen LogP contribution in [0, 0.1) is 5.82 Å². The molecular weight excluding hydrogens is 223 g/mol.